The number of aromatic nitrogens is 2. The van der Waals surface area contributed by atoms with Crippen LogP contribution in [-0.4, -0.2) is 22.2 Å². The van der Waals surface area contributed by atoms with E-state index in [0.29, 0.717) is 11.3 Å². The van der Waals surface area contributed by atoms with E-state index in [1.807, 2.05) is 0 Å². The minimum absolute atomic E-state index is 0.0604. The minimum Gasteiger partial charge on any atom is -0.354 e. The molecule has 0 radical (unpaired) electrons. The fourth-order valence-corrected chi connectivity index (χ4v) is 6.38. The van der Waals surface area contributed by atoms with Gasteiger partial charge in [0.15, 0.2) is 0 Å². The monoisotopic (exact) mass is 363 g/mol. The van der Waals surface area contributed by atoms with E-state index in [1.165, 1.54) is 49.3 Å². The van der Waals surface area contributed by atoms with Crippen molar-refractivity contribution in [3.8, 4) is 0 Å². The lowest BCUT2D eigenvalue weighted by atomic mass is 9.49. The molecule has 0 saturated heterocycles. The Labute approximate surface area is 152 Å². The number of alkyl halides is 2. The Morgan fingerprint density at radius 1 is 1.19 bits per heavy atom. The molecule has 1 heterocycles. The molecular weight excluding hydrogens is 336 g/mol. The van der Waals surface area contributed by atoms with Crippen LogP contribution >= 0.6 is 0 Å². The van der Waals surface area contributed by atoms with E-state index >= 15 is 0 Å². The molecule has 4 nitrogen and oxygen atoms in total. The predicted molar refractivity (Wildman–Crippen MR) is 92.8 cm³/mol. The molecule has 5 aliphatic carbocycles. The van der Waals surface area contributed by atoms with Gasteiger partial charge in [-0.1, -0.05) is 0 Å². The molecule has 1 N–H and O–H groups in total. The zero-order chi connectivity index (χ0) is 17.9. The Morgan fingerprint density at radius 2 is 1.81 bits per heavy atom. The van der Waals surface area contributed by atoms with Crippen molar-refractivity contribution in [3.63, 3.8) is 0 Å². The first-order valence-corrected chi connectivity index (χ1v) is 10.1. The van der Waals surface area contributed by atoms with Gasteiger partial charge in [-0.3, -0.25) is 9.48 Å². The van der Waals surface area contributed by atoms with Crippen molar-refractivity contribution in [2.45, 2.75) is 70.3 Å². The molecule has 5 saturated carbocycles. The summed E-state index contributed by atoms with van der Waals surface area (Å²) in [5.41, 5.74) is 0.883. The third-order valence-electron chi connectivity index (χ3n) is 7.17. The second-order valence-electron chi connectivity index (χ2n) is 9.42. The third kappa shape index (κ3) is 3.05. The van der Waals surface area contributed by atoms with Crippen molar-refractivity contribution in [1.29, 1.82) is 0 Å². The van der Waals surface area contributed by atoms with Gasteiger partial charge in [-0.05, 0) is 80.6 Å². The number of nitrogens with one attached hydrogen (secondary N) is 1. The predicted octanol–water partition coefficient (Wildman–Crippen LogP) is 4.03. The standard InChI is InChI=1S/C20H27F2N3O/c21-19(22)16-6-17(15-1-2-15)25(24-16)10-18(26)23-11-20-7-12-3-13(8-20)5-14(4-12)9-20/h6,12-15,19H,1-5,7-11H2,(H,23,26). The fraction of sp³-hybridized carbons (Fsp3) is 0.800. The van der Waals surface area contributed by atoms with E-state index in [2.05, 4.69) is 10.4 Å². The largest absolute Gasteiger partial charge is 0.354 e. The molecule has 142 valence electrons. The summed E-state index contributed by atoms with van der Waals surface area (Å²) in [6.07, 6.45) is 7.36. The summed E-state index contributed by atoms with van der Waals surface area (Å²) >= 11 is 0. The van der Waals surface area contributed by atoms with Crippen LogP contribution < -0.4 is 5.32 Å². The van der Waals surface area contributed by atoms with Crippen molar-refractivity contribution in [2.75, 3.05) is 6.54 Å². The normalized spacial score (nSPS) is 35.3. The average molecular weight is 363 g/mol. The van der Waals surface area contributed by atoms with Gasteiger partial charge >= 0.3 is 0 Å². The van der Waals surface area contributed by atoms with Gasteiger partial charge in [-0.25, -0.2) is 8.78 Å². The van der Waals surface area contributed by atoms with Gasteiger partial charge in [0.1, 0.15) is 12.2 Å². The fourth-order valence-electron chi connectivity index (χ4n) is 6.38. The summed E-state index contributed by atoms with van der Waals surface area (Å²) in [5.74, 6) is 2.79. The Kier molecular flexibility index (Phi) is 3.87. The van der Waals surface area contributed by atoms with Crippen LogP contribution in [0.5, 0.6) is 0 Å². The zero-order valence-electron chi connectivity index (χ0n) is 15.1. The lowest BCUT2D eigenvalue weighted by molar-refractivity contribution is -0.124. The lowest BCUT2D eigenvalue weighted by Gasteiger charge is -2.56. The highest BCUT2D eigenvalue weighted by Crippen LogP contribution is 2.59. The number of hydrogen-bond donors (Lipinski definition) is 1. The first-order valence-electron chi connectivity index (χ1n) is 10.1. The summed E-state index contributed by atoms with van der Waals surface area (Å²) < 4.78 is 27.5. The molecule has 5 fully saturated rings. The van der Waals surface area contributed by atoms with Gasteiger partial charge in [0.25, 0.3) is 6.43 Å². The van der Waals surface area contributed by atoms with Crippen LogP contribution in [0.2, 0.25) is 0 Å². The number of nitrogens with zero attached hydrogens (tertiary/aromatic N) is 2. The SMILES string of the molecule is O=C(Cn1nc(C(F)F)cc1C1CC1)NCC12CC3CC(CC(C3)C1)C2. The van der Waals surface area contributed by atoms with Crippen LogP contribution in [-0.2, 0) is 11.3 Å². The number of halogens is 2. The van der Waals surface area contributed by atoms with Gasteiger partial charge in [0, 0.05) is 18.2 Å². The number of hydrogen-bond acceptors (Lipinski definition) is 2. The highest BCUT2D eigenvalue weighted by molar-refractivity contribution is 5.75. The zero-order valence-corrected chi connectivity index (χ0v) is 15.1. The molecule has 4 bridgehead atoms. The van der Waals surface area contributed by atoms with Gasteiger partial charge in [-0.15, -0.1) is 0 Å². The maximum atomic E-state index is 13.0. The molecule has 6 heteroatoms. The molecule has 0 aromatic carbocycles. The summed E-state index contributed by atoms with van der Waals surface area (Å²) in [4.78, 5) is 12.5. The van der Waals surface area contributed by atoms with Crippen molar-refractivity contribution >= 4 is 5.91 Å². The van der Waals surface area contributed by atoms with Crippen LogP contribution in [0.1, 0.15) is 75.1 Å². The van der Waals surface area contributed by atoms with Crippen LogP contribution in [0.15, 0.2) is 6.07 Å². The Balaban J connectivity index is 1.23. The maximum Gasteiger partial charge on any atom is 0.282 e. The highest BCUT2D eigenvalue weighted by atomic mass is 19.3. The summed E-state index contributed by atoms with van der Waals surface area (Å²) in [5, 5.41) is 7.12. The topological polar surface area (TPSA) is 46.9 Å². The maximum absolute atomic E-state index is 13.0. The van der Waals surface area contributed by atoms with Crippen LogP contribution in [0.4, 0.5) is 8.78 Å². The van der Waals surface area contributed by atoms with Crippen LogP contribution in [0.25, 0.3) is 0 Å². The van der Waals surface area contributed by atoms with Crippen molar-refractivity contribution in [2.24, 2.45) is 23.2 Å². The number of carbonyl (C=O) groups is 1. The Morgan fingerprint density at radius 3 is 2.35 bits per heavy atom. The van der Waals surface area contributed by atoms with Crippen LogP contribution in [0.3, 0.4) is 0 Å². The van der Waals surface area contributed by atoms with E-state index in [9.17, 15) is 13.6 Å². The molecule has 1 amide bonds. The number of rotatable bonds is 6. The quantitative estimate of drug-likeness (QED) is 0.829. The molecule has 0 aliphatic heterocycles. The van der Waals surface area contributed by atoms with Gasteiger partial charge in [0.05, 0.1) is 0 Å². The van der Waals surface area contributed by atoms with Gasteiger partial charge in [0.2, 0.25) is 5.91 Å². The summed E-state index contributed by atoms with van der Waals surface area (Å²) in [7, 11) is 0. The van der Waals surface area contributed by atoms with E-state index in [1.54, 1.807) is 0 Å². The second kappa shape index (κ2) is 6.03. The number of carbonyl (C=O) groups excluding carboxylic acids is 1. The summed E-state index contributed by atoms with van der Waals surface area (Å²) in [6, 6.07) is 1.48. The van der Waals surface area contributed by atoms with Gasteiger partial charge < -0.3 is 5.32 Å². The number of amides is 1. The van der Waals surface area contributed by atoms with E-state index in [-0.39, 0.29) is 18.1 Å². The molecule has 0 atom stereocenters. The molecule has 26 heavy (non-hydrogen) atoms. The Hall–Kier alpha value is -1.46. The molecule has 6 rings (SSSR count). The van der Waals surface area contributed by atoms with Crippen molar-refractivity contribution < 1.29 is 13.6 Å². The molecule has 1 aromatic rings. The Bertz CT molecular complexity index is 675. The first kappa shape index (κ1) is 16.7. The van der Waals surface area contributed by atoms with Gasteiger partial charge in [-0.2, -0.15) is 5.10 Å². The lowest BCUT2D eigenvalue weighted by Crippen LogP contribution is -2.51. The molecule has 0 unspecified atom stereocenters. The average Bonchev–Trinajstić information content (AvgIpc) is 3.32. The first-order chi connectivity index (χ1) is 12.5. The minimum atomic E-state index is -2.58. The van der Waals surface area contributed by atoms with Crippen molar-refractivity contribution in [1.82, 2.24) is 15.1 Å². The second-order valence-corrected chi connectivity index (χ2v) is 9.42. The van der Waals surface area contributed by atoms with E-state index in [4.69, 9.17) is 0 Å². The van der Waals surface area contributed by atoms with E-state index < -0.39 is 6.43 Å². The molecule has 5 aliphatic rings. The van der Waals surface area contributed by atoms with E-state index in [0.717, 1.165) is 42.8 Å². The molecule has 0 spiro atoms. The third-order valence-corrected chi connectivity index (χ3v) is 7.17. The smallest absolute Gasteiger partial charge is 0.282 e. The molecule has 1 aromatic heterocycles. The highest BCUT2D eigenvalue weighted by Gasteiger charge is 2.50. The van der Waals surface area contributed by atoms with Crippen LogP contribution in [0, 0.1) is 23.2 Å². The summed E-state index contributed by atoms with van der Waals surface area (Å²) in [6.45, 7) is 0.808. The van der Waals surface area contributed by atoms with Crippen molar-refractivity contribution in [3.05, 3.63) is 17.5 Å². The molecular formula is C20H27F2N3O.